The first kappa shape index (κ1) is 26.0. The summed E-state index contributed by atoms with van der Waals surface area (Å²) in [6.07, 6.45) is 1.43. The van der Waals surface area contributed by atoms with Crippen molar-refractivity contribution < 1.29 is 23.8 Å². The molecule has 0 fully saturated rings. The van der Waals surface area contributed by atoms with Crippen molar-refractivity contribution in [3.05, 3.63) is 47.0 Å². The van der Waals surface area contributed by atoms with Crippen LogP contribution in [0.5, 0.6) is 17.2 Å². The highest BCUT2D eigenvalue weighted by molar-refractivity contribution is 7.99. The van der Waals surface area contributed by atoms with Crippen molar-refractivity contribution in [2.75, 3.05) is 20.0 Å². The minimum Gasteiger partial charge on any atom is -0.493 e. The van der Waals surface area contributed by atoms with E-state index in [0.29, 0.717) is 39.6 Å². The maximum absolute atomic E-state index is 12.3. The quantitative estimate of drug-likeness (QED) is 0.142. The Morgan fingerprint density at radius 2 is 1.80 bits per heavy atom. The summed E-state index contributed by atoms with van der Waals surface area (Å²) in [5.74, 6) is 0.709. The number of amides is 1. The van der Waals surface area contributed by atoms with E-state index in [1.165, 1.54) is 39.1 Å². The van der Waals surface area contributed by atoms with Crippen LogP contribution in [0.25, 0.3) is 11.4 Å². The predicted molar refractivity (Wildman–Crippen MR) is 133 cm³/mol. The number of thioether (sulfide) groups is 1. The van der Waals surface area contributed by atoms with Crippen LogP contribution in [0, 0.1) is 0 Å². The number of hydrogen-bond donors (Lipinski definition) is 1. The van der Waals surface area contributed by atoms with Crippen molar-refractivity contribution in [1.82, 2.24) is 20.2 Å². The number of esters is 1. The number of ether oxygens (including phenoxy) is 3. The van der Waals surface area contributed by atoms with Crippen LogP contribution < -0.4 is 19.6 Å². The number of hydrogen-bond acceptors (Lipinski definition) is 9. The molecule has 3 aromatic rings. The summed E-state index contributed by atoms with van der Waals surface area (Å²) in [6.45, 7) is 3.90. The number of methoxy groups -OCH3 is 2. The van der Waals surface area contributed by atoms with Crippen molar-refractivity contribution in [3.63, 3.8) is 0 Å². The van der Waals surface area contributed by atoms with Gasteiger partial charge in [0, 0.05) is 29.6 Å². The fraction of sp³-hybridized carbons (Fsp3) is 0.261. The van der Waals surface area contributed by atoms with Crippen LogP contribution in [0.2, 0.25) is 5.02 Å². The Kier molecular flexibility index (Phi) is 9.10. The molecule has 0 aliphatic heterocycles. The van der Waals surface area contributed by atoms with Crippen LogP contribution in [0.15, 0.2) is 46.7 Å². The van der Waals surface area contributed by atoms with Gasteiger partial charge in [0.15, 0.2) is 22.5 Å². The smallest absolute Gasteiger partial charge is 0.308 e. The summed E-state index contributed by atoms with van der Waals surface area (Å²) in [5, 5.41) is 13.7. The van der Waals surface area contributed by atoms with Gasteiger partial charge in [0.1, 0.15) is 0 Å². The maximum atomic E-state index is 12.3. The van der Waals surface area contributed by atoms with Crippen LogP contribution in [0.3, 0.4) is 0 Å². The van der Waals surface area contributed by atoms with E-state index in [9.17, 15) is 9.59 Å². The number of hydrazone groups is 1. The fourth-order valence-electron chi connectivity index (χ4n) is 3.05. The van der Waals surface area contributed by atoms with E-state index in [1.807, 2.05) is 23.6 Å². The molecule has 1 aromatic heterocycles. The number of nitrogens with zero attached hydrogens (tertiary/aromatic N) is 4. The van der Waals surface area contributed by atoms with E-state index in [4.69, 9.17) is 25.8 Å². The third-order valence-corrected chi connectivity index (χ3v) is 5.82. The number of rotatable bonds is 10. The van der Waals surface area contributed by atoms with Gasteiger partial charge in [0.05, 0.1) is 26.2 Å². The van der Waals surface area contributed by atoms with Crippen LogP contribution >= 0.6 is 23.4 Å². The monoisotopic (exact) mass is 517 g/mol. The van der Waals surface area contributed by atoms with Crippen LogP contribution in [-0.4, -0.2) is 52.8 Å². The second-order valence-corrected chi connectivity index (χ2v) is 8.37. The van der Waals surface area contributed by atoms with Crippen molar-refractivity contribution in [3.8, 4) is 28.6 Å². The molecule has 35 heavy (non-hydrogen) atoms. The molecule has 1 amide bonds. The van der Waals surface area contributed by atoms with Gasteiger partial charge in [-0.05, 0) is 43.3 Å². The normalized spacial score (nSPS) is 10.9. The first-order chi connectivity index (χ1) is 16.9. The van der Waals surface area contributed by atoms with Gasteiger partial charge < -0.3 is 18.8 Å². The fourth-order valence-corrected chi connectivity index (χ4v) is 3.97. The molecule has 0 saturated carbocycles. The number of benzene rings is 2. The Morgan fingerprint density at radius 1 is 1.14 bits per heavy atom. The highest BCUT2D eigenvalue weighted by atomic mass is 35.5. The van der Waals surface area contributed by atoms with Crippen molar-refractivity contribution in [1.29, 1.82) is 0 Å². The van der Waals surface area contributed by atoms with Gasteiger partial charge in [-0.15, -0.1) is 10.2 Å². The SMILES string of the molecule is CCn1c(SCC(=O)N/N=C\c2cc(OC)c(OC(C)=O)c(OC)c2)nnc1-c1ccc(Cl)cc1. The van der Waals surface area contributed by atoms with Gasteiger partial charge in [-0.3, -0.25) is 9.59 Å². The summed E-state index contributed by atoms with van der Waals surface area (Å²) in [7, 11) is 2.88. The van der Waals surface area contributed by atoms with Gasteiger partial charge in [-0.1, -0.05) is 23.4 Å². The highest BCUT2D eigenvalue weighted by Gasteiger charge is 2.16. The second-order valence-electron chi connectivity index (χ2n) is 6.99. The second kappa shape index (κ2) is 12.2. The molecule has 0 aliphatic rings. The molecule has 184 valence electrons. The zero-order valence-electron chi connectivity index (χ0n) is 19.6. The molecule has 0 radical (unpaired) electrons. The van der Waals surface area contributed by atoms with Crippen LogP contribution in [0.1, 0.15) is 19.4 Å². The van der Waals surface area contributed by atoms with Gasteiger partial charge in [-0.2, -0.15) is 5.10 Å². The lowest BCUT2D eigenvalue weighted by Crippen LogP contribution is -2.20. The third kappa shape index (κ3) is 6.74. The molecule has 3 rings (SSSR count). The Bertz CT molecular complexity index is 1200. The van der Waals surface area contributed by atoms with E-state index >= 15 is 0 Å². The van der Waals surface area contributed by atoms with E-state index in [-0.39, 0.29) is 17.4 Å². The van der Waals surface area contributed by atoms with Gasteiger partial charge in [-0.25, -0.2) is 5.43 Å². The molecular weight excluding hydrogens is 494 g/mol. The molecule has 0 bridgehead atoms. The van der Waals surface area contributed by atoms with Crippen molar-refractivity contribution >= 4 is 41.5 Å². The van der Waals surface area contributed by atoms with Crippen LogP contribution in [-0.2, 0) is 16.1 Å². The van der Waals surface area contributed by atoms with Gasteiger partial charge >= 0.3 is 5.97 Å². The summed E-state index contributed by atoms with van der Waals surface area (Å²) in [4.78, 5) is 23.7. The Morgan fingerprint density at radius 3 is 2.37 bits per heavy atom. The van der Waals surface area contributed by atoms with Gasteiger partial charge in [0.25, 0.3) is 5.91 Å². The number of aromatic nitrogens is 3. The molecule has 1 N–H and O–H groups in total. The van der Waals surface area contributed by atoms with E-state index in [1.54, 1.807) is 24.3 Å². The topological polar surface area (TPSA) is 117 Å². The van der Waals surface area contributed by atoms with E-state index in [2.05, 4.69) is 20.7 Å². The zero-order valence-corrected chi connectivity index (χ0v) is 21.1. The molecular formula is C23H24ClN5O5S. The molecule has 0 saturated heterocycles. The largest absolute Gasteiger partial charge is 0.493 e. The Hall–Kier alpha value is -3.57. The highest BCUT2D eigenvalue weighted by Crippen LogP contribution is 2.38. The third-order valence-electron chi connectivity index (χ3n) is 4.60. The van der Waals surface area contributed by atoms with Gasteiger partial charge in [0.2, 0.25) is 5.75 Å². The number of carbonyl (C=O) groups is 2. The summed E-state index contributed by atoms with van der Waals surface area (Å²) >= 11 is 7.22. The molecule has 10 nitrogen and oxygen atoms in total. The van der Waals surface area contributed by atoms with Crippen molar-refractivity contribution in [2.24, 2.45) is 5.10 Å². The minimum absolute atomic E-state index is 0.0914. The lowest BCUT2D eigenvalue weighted by atomic mass is 10.2. The zero-order chi connectivity index (χ0) is 25.4. The lowest BCUT2D eigenvalue weighted by Gasteiger charge is -2.13. The average Bonchev–Trinajstić information content (AvgIpc) is 3.26. The molecule has 1 heterocycles. The molecule has 12 heteroatoms. The number of halogens is 1. The molecule has 0 unspecified atom stereocenters. The molecule has 0 atom stereocenters. The summed E-state index contributed by atoms with van der Waals surface area (Å²) in [5.41, 5.74) is 3.93. The predicted octanol–water partition coefficient (Wildman–Crippen LogP) is 3.80. The summed E-state index contributed by atoms with van der Waals surface area (Å²) < 4.78 is 17.6. The Labute approximate surface area is 211 Å². The minimum atomic E-state index is -0.507. The Balaban J connectivity index is 1.63. The number of carbonyl (C=O) groups excluding carboxylic acids is 2. The van der Waals surface area contributed by atoms with Crippen LogP contribution in [0.4, 0.5) is 0 Å². The number of nitrogens with one attached hydrogen (secondary N) is 1. The summed E-state index contributed by atoms with van der Waals surface area (Å²) in [6, 6.07) is 10.5. The first-order valence-electron chi connectivity index (χ1n) is 10.4. The molecule has 2 aromatic carbocycles. The molecule has 0 aliphatic carbocycles. The standard InChI is InChI=1S/C23H24ClN5O5S/c1-5-29-22(16-6-8-17(24)9-7-16)27-28-23(29)35-13-20(31)26-25-12-15-10-18(32-3)21(34-14(2)30)19(11-15)33-4/h6-12H,5,13H2,1-4H3,(H,26,31)/b25-12-. The van der Waals surface area contributed by atoms with E-state index < -0.39 is 5.97 Å². The lowest BCUT2D eigenvalue weighted by molar-refractivity contribution is -0.132. The van der Waals surface area contributed by atoms with Crippen molar-refractivity contribution in [2.45, 2.75) is 25.5 Å². The average molecular weight is 518 g/mol. The first-order valence-corrected chi connectivity index (χ1v) is 11.8. The van der Waals surface area contributed by atoms with E-state index in [0.717, 1.165) is 5.56 Å². The molecule has 0 spiro atoms. The maximum Gasteiger partial charge on any atom is 0.308 e.